The van der Waals surface area contributed by atoms with Crippen molar-refractivity contribution >= 4 is 6.01 Å². The second-order valence-electron chi connectivity index (χ2n) is 6.23. The average Bonchev–Trinajstić information content (AvgIpc) is 2.40. The highest BCUT2D eigenvalue weighted by molar-refractivity contribution is 5.63. The van der Waals surface area contributed by atoms with Crippen LogP contribution in [0, 0.1) is 6.92 Å². The molecule has 0 aliphatic carbocycles. The van der Waals surface area contributed by atoms with Gasteiger partial charge in [-0.25, -0.2) is 4.79 Å². The van der Waals surface area contributed by atoms with Crippen LogP contribution in [0.3, 0.4) is 0 Å². The fraction of sp³-hybridized carbons (Fsp3) is 0.375. The summed E-state index contributed by atoms with van der Waals surface area (Å²) in [5, 5.41) is 2.94. The van der Waals surface area contributed by atoms with Crippen molar-refractivity contribution in [3.8, 4) is 11.3 Å². The molecule has 0 fully saturated rings. The predicted octanol–water partition coefficient (Wildman–Crippen LogP) is 4.24. The minimum atomic E-state index is -4.41. The van der Waals surface area contributed by atoms with E-state index in [4.69, 9.17) is 4.42 Å². The number of anilines is 1. The van der Waals surface area contributed by atoms with Gasteiger partial charge in [0.25, 0.3) is 6.01 Å². The van der Waals surface area contributed by atoms with Crippen molar-refractivity contribution in [1.82, 2.24) is 4.98 Å². The lowest BCUT2D eigenvalue weighted by molar-refractivity contribution is -0.137. The Morgan fingerprint density at radius 2 is 1.65 bits per heavy atom. The number of hydrogen-bond donors (Lipinski definition) is 1. The molecule has 1 aromatic carbocycles. The zero-order valence-electron chi connectivity index (χ0n) is 13.2. The zero-order chi connectivity index (χ0) is 17.4. The van der Waals surface area contributed by atoms with Gasteiger partial charge in [0.05, 0.1) is 16.8 Å². The summed E-state index contributed by atoms with van der Waals surface area (Å²) in [7, 11) is 0. The van der Waals surface area contributed by atoms with Crippen LogP contribution in [0.25, 0.3) is 11.3 Å². The lowest BCUT2D eigenvalue weighted by atomic mass is 10.1. The second kappa shape index (κ2) is 5.72. The highest BCUT2D eigenvalue weighted by Crippen LogP contribution is 2.31. The molecule has 23 heavy (non-hydrogen) atoms. The lowest BCUT2D eigenvalue weighted by Gasteiger charge is -2.20. The molecule has 0 atom stereocenters. The molecule has 0 amide bonds. The number of nitrogens with zero attached hydrogens (tertiary/aromatic N) is 1. The summed E-state index contributed by atoms with van der Waals surface area (Å²) in [5.74, 6) is 0. The van der Waals surface area contributed by atoms with E-state index in [-0.39, 0.29) is 17.1 Å². The van der Waals surface area contributed by atoms with Crippen molar-refractivity contribution in [2.75, 3.05) is 5.32 Å². The fourth-order valence-electron chi connectivity index (χ4n) is 1.94. The highest BCUT2D eigenvalue weighted by atomic mass is 19.4. The summed E-state index contributed by atoms with van der Waals surface area (Å²) < 4.78 is 42.9. The van der Waals surface area contributed by atoms with Gasteiger partial charge in [-0.05, 0) is 39.8 Å². The van der Waals surface area contributed by atoms with Gasteiger partial charge in [0, 0.05) is 11.1 Å². The maximum atomic E-state index is 12.6. The molecule has 0 radical (unpaired) electrons. The quantitative estimate of drug-likeness (QED) is 0.897. The molecule has 1 aromatic heterocycles. The monoisotopic (exact) mass is 326 g/mol. The Kier molecular flexibility index (Phi) is 4.24. The Morgan fingerprint density at radius 3 is 2.13 bits per heavy atom. The lowest BCUT2D eigenvalue weighted by Crippen LogP contribution is -2.27. The first kappa shape index (κ1) is 17.1. The minimum absolute atomic E-state index is 0.0306. The van der Waals surface area contributed by atoms with Crippen molar-refractivity contribution in [2.24, 2.45) is 0 Å². The molecule has 0 aliphatic rings. The van der Waals surface area contributed by atoms with Gasteiger partial charge < -0.3 is 9.73 Å². The predicted molar refractivity (Wildman–Crippen MR) is 81.3 cm³/mol. The standard InChI is InChI=1S/C16H17F3N2O2/c1-9-12(10-5-7-11(8-6-10)16(17,18)19)20-14(23-13(9)22)21-15(2,3)4/h5-8H,1-4H3,(H,20,21). The number of hydrogen-bond acceptors (Lipinski definition) is 4. The molecule has 0 spiro atoms. The van der Waals surface area contributed by atoms with E-state index >= 15 is 0 Å². The number of aromatic nitrogens is 1. The molecule has 2 aromatic rings. The SMILES string of the molecule is Cc1c(-c2ccc(C(F)(F)F)cc2)nc(NC(C)(C)C)oc1=O. The van der Waals surface area contributed by atoms with Crippen molar-refractivity contribution in [3.05, 3.63) is 45.8 Å². The topological polar surface area (TPSA) is 55.1 Å². The molecule has 0 unspecified atom stereocenters. The van der Waals surface area contributed by atoms with E-state index in [2.05, 4.69) is 10.3 Å². The van der Waals surface area contributed by atoms with E-state index in [0.29, 0.717) is 11.3 Å². The third-order valence-electron chi connectivity index (χ3n) is 3.03. The van der Waals surface area contributed by atoms with Gasteiger partial charge >= 0.3 is 11.8 Å². The fourth-order valence-corrected chi connectivity index (χ4v) is 1.94. The summed E-state index contributed by atoms with van der Waals surface area (Å²) in [5.41, 5.74) is -0.766. The number of halogens is 3. The van der Waals surface area contributed by atoms with Crippen LogP contribution < -0.4 is 10.9 Å². The first-order valence-electron chi connectivity index (χ1n) is 6.95. The van der Waals surface area contributed by atoms with Gasteiger partial charge in [-0.1, -0.05) is 12.1 Å². The summed E-state index contributed by atoms with van der Waals surface area (Å²) >= 11 is 0. The second-order valence-corrected chi connectivity index (χ2v) is 6.23. The minimum Gasteiger partial charge on any atom is -0.389 e. The molecule has 0 saturated heterocycles. The van der Waals surface area contributed by atoms with Crippen LogP contribution in [0.1, 0.15) is 31.9 Å². The molecule has 7 heteroatoms. The van der Waals surface area contributed by atoms with E-state index in [9.17, 15) is 18.0 Å². The number of nitrogens with one attached hydrogen (secondary N) is 1. The first-order chi connectivity index (χ1) is 10.5. The van der Waals surface area contributed by atoms with Gasteiger partial charge in [0.1, 0.15) is 0 Å². The molecule has 0 bridgehead atoms. The Balaban J connectivity index is 2.48. The van der Waals surface area contributed by atoms with E-state index < -0.39 is 17.4 Å². The summed E-state index contributed by atoms with van der Waals surface area (Å²) in [6.07, 6.45) is -4.41. The highest BCUT2D eigenvalue weighted by Gasteiger charge is 2.30. The van der Waals surface area contributed by atoms with E-state index in [1.807, 2.05) is 20.8 Å². The Bertz CT molecular complexity index is 757. The van der Waals surface area contributed by atoms with Gasteiger partial charge in [0.15, 0.2) is 0 Å². The maximum absolute atomic E-state index is 12.6. The van der Waals surface area contributed by atoms with Gasteiger partial charge in [0.2, 0.25) is 0 Å². The van der Waals surface area contributed by atoms with Crippen molar-refractivity contribution in [1.29, 1.82) is 0 Å². The van der Waals surface area contributed by atoms with Crippen LogP contribution in [-0.4, -0.2) is 10.5 Å². The molecular weight excluding hydrogens is 309 g/mol. The molecule has 2 rings (SSSR count). The Labute approximate surface area is 131 Å². The molecule has 1 heterocycles. The van der Waals surface area contributed by atoms with E-state index in [1.165, 1.54) is 19.1 Å². The van der Waals surface area contributed by atoms with E-state index in [0.717, 1.165) is 12.1 Å². The Morgan fingerprint density at radius 1 is 1.09 bits per heavy atom. The summed E-state index contributed by atoms with van der Waals surface area (Å²) in [4.78, 5) is 16.1. The molecule has 124 valence electrons. The largest absolute Gasteiger partial charge is 0.416 e. The number of benzene rings is 1. The summed E-state index contributed by atoms with van der Waals surface area (Å²) in [6, 6.07) is 4.53. The zero-order valence-corrected chi connectivity index (χ0v) is 13.2. The number of alkyl halides is 3. The van der Waals surface area contributed by atoms with Crippen molar-refractivity contribution in [3.63, 3.8) is 0 Å². The first-order valence-corrected chi connectivity index (χ1v) is 6.95. The third kappa shape index (κ3) is 4.12. The van der Waals surface area contributed by atoms with Crippen LogP contribution in [0.5, 0.6) is 0 Å². The molecule has 1 N–H and O–H groups in total. The molecule has 0 aliphatic heterocycles. The van der Waals surface area contributed by atoms with Crippen LogP contribution >= 0.6 is 0 Å². The van der Waals surface area contributed by atoms with Crippen molar-refractivity contribution < 1.29 is 17.6 Å². The molecule has 0 saturated carbocycles. The third-order valence-corrected chi connectivity index (χ3v) is 3.03. The van der Waals surface area contributed by atoms with Gasteiger partial charge in [-0.15, -0.1) is 0 Å². The smallest absolute Gasteiger partial charge is 0.389 e. The maximum Gasteiger partial charge on any atom is 0.416 e. The van der Waals surface area contributed by atoms with Crippen LogP contribution in [0.2, 0.25) is 0 Å². The number of rotatable bonds is 2. The van der Waals surface area contributed by atoms with E-state index in [1.54, 1.807) is 0 Å². The normalized spacial score (nSPS) is 12.3. The van der Waals surface area contributed by atoms with Crippen molar-refractivity contribution in [2.45, 2.75) is 39.4 Å². The Hall–Kier alpha value is -2.31. The average molecular weight is 326 g/mol. The van der Waals surface area contributed by atoms with Crippen LogP contribution in [-0.2, 0) is 6.18 Å². The van der Waals surface area contributed by atoms with Gasteiger partial charge in [-0.3, -0.25) is 0 Å². The van der Waals surface area contributed by atoms with Crippen LogP contribution in [0.15, 0.2) is 33.5 Å². The molecule has 4 nitrogen and oxygen atoms in total. The molecular formula is C16H17F3N2O2. The van der Waals surface area contributed by atoms with Crippen LogP contribution in [0.4, 0.5) is 19.2 Å². The van der Waals surface area contributed by atoms with Gasteiger partial charge in [-0.2, -0.15) is 18.2 Å². The summed E-state index contributed by atoms with van der Waals surface area (Å²) in [6.45, 7) is 7.12.